The third-order valence-corrected chi connectivity index (χ3v) is 3.65. The highest BCUT2D eigenvalue weighted by Gasteiger charge is 2.35. The number of ether oxygens (including phenoxy) is 1. The summed E-state index contributed by atoms with van der Waals surface area (Å²) in [6.07, 6.45) is 3.09. The van der Waals surface area contributed by atoms with Crippen molar-refractivity contribution in [1.29, 1.82) is 0 Å². The molecule has 2 rings (SSSR count). The fourth-order valence-electron chi connectivity index (χ4n) is 2.29. The van der Waals surface area contributed by atoms with Gasteiger partial charge in [-0.05, 0) is 32.9 Å². The standard InChI is InChI=1S/C13H20N2O2/c1-14(2)13(7-10-17-11-13)6-5-12(16)15-8-3-4-9-15/h3-4,7-11H2,1-2H3/t13-/m1/s1. The Hall–Kier alpha value is -1.05. The zero-order valence-corrected chi connectivity index (χ0v) is 10.7. The van der Waals surface area contributed by atoms with E-state index in [1.165, 1.54) is 0 Å². The van der Waals surface area contributed by atoms with Crippen LogP contribution in [0, 0.1) is 11.8 Å². The molecule has 4 nitrogen and oxygen atoms in total. The van der Waals surface area contributed by atoms with Crippen LogP contribution in [0.3, 0.4) is 0 Å². The zero-order valence-electron chi connectivity index (χ0n) is 10.7. The molecule has 0 saturated carbocycles. The minimum Gasteiger partial charge on any atom is -0.378 e. The Labute approximate surface area is 103 Å². The predicted molar refractivity (Wildman–Crippen MR) is 65.4 cm³/mol. The van der Waals surface area contributed by atoms with Crippen molar-refractivity contribution in [2.24, 2.45) is 0 Å². The SMILES string of the molecule is CN(C)[C@]1(C#CC(=O)N2CCCC2)CCOC1. The second-order valence-electron chi connectivity index (χ2n) is 4.98. The van der Waals surface area contributed by atoms with E-state index in [-0.39, 0.29) is 11.4 Å². The number of amides is 1. The van der Waals surface area contributed by atoms with E-state index < -0.39 is 0 Å². The van der Waals surface area contributed by atoms with Gasteiger partial charge in [0.25, 0.3) is 5.91 Å². The lowest BCUT2D eigenvalue weighted by Crippen LogP contribution is -2.43. The van der Waals surface area contributed by atoms with Crippen LogP contribution in [0.15, 0.2) is 0 Å². The molecule has 0 aromatic heterocycles. The second kappa shape index (κ2) is 5.07. The summed E-state index contributed by atoms with van der Waals surface area (Å²) in [4.78, 5) is 15.8. The molecule has 2 aliphatic rings. The zero-order chi connectivity index (χ0) is 12.3. The molecule has 4 heteroatoms. The summed E-state index contributed by atoms with van der Waals surface area (Å²) >= 11 is 0. The second-order valence-corrected chi connectivity index (χ2v) is 4.98. The van der Waals surface area contributed by atoms with Crippen LogP contribution in [0.4, 0.5) is 0 Å². The molecule has 17 heavy (non-hydrogen) atoms. The average Bonchev–Trinajstić information content (AvgIpc) is 2.97. The van der Waals surface area contributed by atoms with Crippen LogP contribution in [0.1, 0.15) is 19.3 Å². The summed E-state index contributed by atoms with van der Waals surface area (Å²) in [6, 6.07) is 0. The monoisotopic (exact) mass is 236 g/mol. The fraction of sp³-hybridized carbons (Fsp3) is 0.769. The molecule has 0 radical (unpaired) electrons. The van der Waals surface area contributed by atoms with Crippen LogP contribution in [0.25, 0.3) is 0 Å². The normalized spacial score (nSPS) is 28.3. The van der Waals surface area contributed by atoms with E-state index in [1.54, 1.807) is 0 Å². The van der Waals surface area contributed by atoms with Gasteiger partial charge in [0, 0.05) is 26.1 Å². The van der Waals surface area contributed by atoms with Crippen LogP contribution < -0.4 is 0 Å². The Morgan fingerprint density at radius 3 is 2.59 bits per heavy atom. The molecule has 0 unspecified atom stereocenters. The molecule has 94 valence electrons. The van der Waals surface area contributed by atoms with Crippen molar-refractivity contribution < 1.29 is 9.53 Å². The molecule has 0 bridgehead atoms. The van der Waals surface area contributed by atoms with Gasteiger partial charge in [-0.2, -0.15) is 0 Å². The summed E-state index contributed by atoms with van der Waals surface area (Å²) < 4.78 is 5.41. The Balaban J connectivity index is 2.05. The molecular weight excluding hydrogens is 216 g/mol. The maximum Gasteiger partial charge on any atom is 0.298 e. The molecule has 2 heterocycles. The molecule has 2 fully saturated rings. The molecule has 0 aromatic rings. The largest absolute Gasteiger partial charge is 0.378 e. The van der Waals surface area contributed by atoms with Crippen LogP contribution in [0.5, 0.6) is 0 Å². The lowest BCUT2D eigenvalue weighted by molar-refractivity contribution is -0.124. The maximum atomic E-state index is 11.9. The minimum atomic E-state index is -0.268. The molecule has 0 N–H and O–H groups in total. The Morgan fingerprint density at radius 1 is 1.35 bits per heavy atom. The molecule has 1 amide bonds. The van der Waals surface area contributed by atoms with E-state index in [0.29, 0.717) is 6.61 Å². The van der Waals surface area contributed by atoms with Gasteiger partial charge in [-0.25, -0.2) is 0 Å². The van der Waals surface area contributed by atoms with E-state index >= 15 is 0 Å². The molecule has 2 saturated heterocycles. The number of rotatable bonds is 1. The van der Waals surface area contributed by atoms with Crippen molar-refractivity contribution in [2.75, 3.05) is 40.4 Å². The van der Waals surface area contributed by atoms with Crippen molar-refractivity contribution in [3.8, 4) is 11.8 Å². The maximum absolute atomic E-state index is 11.9. The average molecular weight is 236 g/mol. The summed E-state index contributed by atoms with van der Waals surface area (Å²) in [5, 5.41) is 0. The first-order valence-corrected chi connectivity index (χ1v) is 6.21. The van der Waals surface area contributed by atoms with Gasteiger partial charge >= 0.3 is 0 Å². The molecule has 0 aromatic carbocycles. The Morgan fingerprint density at radius 2 is 2.06 bits per heavy atom. The van der Waals surface area contributed by atoms with Gasteiger partial charge in [-0.15, -0.1) is 0 Å². The summed E-state index contributed by atoms with van der Waals surface area (Å²) in [5.41, 5.74) is -0.268. The number of hydrogen-bond donors (Lipinski definition) is 0. The molecule has 0 aliphatic carbocycles. The van der Waals surface area contributed by atoms with Crippen LogP contribution in [0.2, 0.25) is 0 Å². The number of carbonyl (C=O) groups excluding carboxylic acids is 1. The smallest absolute Gasteiger partial charge is 0.298 e. The lowest BCUT2D eigenvalue weighted by Gasteiger charge is -2.29. The number of likely N-dealkylation sites (tertiary alicyclic amines) is 1. The van der Waals surface area contributed by atoms with Crippen molar-refractivity contribution in [1.82, 2.24) is 9.80 Å². The van der Waals surface area contributed by atoms with E-state index in [9.17, 15) is 4.79 Å². The highest BCUT2D eigenvalue weighted by Crippen LogP contribution is 2.22. The number of nitrogens with zero attached hydrogens (tertiary/aromatic N) is 2. The van der Waals surface area contributed by atoms with Crippen LogP contribution >= 0.6 is 0 Å². The van der Waals surface area contributed by atoms with E-state index in [4.69, 9.17) is 4.74 Å². The first kappa shape index (κ1) is 12.4. The Kier molecular flexibility index (Phi) is 3.70. The van der Waals surface area contributed by atoms with Gasteiger partial charge < -0.3 is 9.64 Å². The van der Waals surface area contributed by atoms with Crippen LogP contribution in [-0.2, 0) is 9.53 Å². The van der Waals surface area contributed by atoms with Gasteiger partial charge in [-0.1, -0.05) is 5.92 Å². The third kappa shape index (κ3) is 2.62. The van der Waals surface area contributed by atoms with Gasteiger partial charge in [-0.3, -0.25) is 9.69 Å². The van der Waals surface area contributed by atoms with Gasteiger partial charge in [0.05, 0.1) is 6.61 Å². The first-order valence-electron chi connectivity index (χ1n) is 6.21. The van der Waals surface area contributed by atoms with Crippen LogP contribution in [-0.4, -0.2) is 61.6 Å². The predicted octanol–water partition coefficient (Wildman–Crippen LogP) is 0.333. The summed E-state index contributed by atoms with van der Waals surface area (Å²) in [6.45, 7) is 3.04. The van der Waals surface area contributed by atoms with E-state index in [0.717, 1.165) is 39.0 Å². The number of likely N-dealkylation sites (N-methyl/N-ethyl adjacent to an activating group) is 1. The van der Waals surface area contributed by atoms with Gasteiger partial charge in [0.15, 0.2) is 0 Å². The molecule has 1 atom stereocenters. The summed E-state index contributed by atoms with van der Waals surface area (Å²) in [5.74, 6) is 5.90. The van der Waals surface area contributed by atoms with Crippen molar-refractivity contribution >= 4 is 5.91 Å². The molecule has 0 spiro atoms. The highest BCUT2D eigenvalue weighted by atomic mass is 16.5. The topological polar surface area (TPSA) is 32.8 Å². The quantitative estimate of drug-likeness (QED) is 0.615. The van der Waals surface area contributed by atoms with Gasteiger partial charge in [0.2, 0.25) is 0 Å². The lowest BCUT2D eigenvalue weighted by atomic mass is 9.98. The van der Waals surface area contributed by atoms with Gasteiger partial charge in [0.1, 0.15) is 5.54 Å². The first-order chi connectivity index (χ1) is 8.14. The van der Waals surface area contributed by atoms with E-state index in [2.05, 4.69) is 16.7 Å². The molecule has 2 aliphatic heterocycles. The molecular formula is C13H20N2O2. The Bertz CT molecular complexity index is 342. The minimum absolute atomic E-state index is 0.0318. The number of hydrogen-bond acceptors (Lipinski definition) is 3. The van der Waals surface area contributed by atoms with E-state index in [1.807, 2.05) is 19.0 Å². The third-order valence-electron chi connectivity index (χ3n) is 3.65. The summed E-state index contributed by atoms with van der Waals surface area (Å²) in [7, 11) is 3.98. The fourth-order valence-corrected chi connectivity index (χ4v) is 2.29. The highest BCUT2D eigenvalue weighted by molar-refractivity contribution is 5.93. The van der Waals surface area contributed by atoms with Crippen molar-refractivity contribution in [3.05, 3.63) is 0 Å². The van der Waals surface area contributed by atoms with Crippen molar-refractivity contribution in [3.63, 3.8) is 0 Å². The number of carbonyl (C=O) groups is 1. The van der Waals surface area contributed by atoms with Crippen molar-refractivity contribution in [2.45, 2.75) is 24.8 Å².